The van der Waals surface area contributed by atoms with Crippen molar-refractivity contribution in [3.8, 4) is 5.75 Å². The number of hydrogen-bond donors (Lipinski definition) is 1. The summed E-state index contributed by atoms with van der Waals surface area (Å²) in [6, 6.07) is 28.1. The fourth-order valence-electron chi connectivity index (χ4n) is 4.65. The van der Waals surface area contributed by atoms with E-state index in [0.29, 0.717) is 12.3 Å². The van der Waals surface area contributed by atoms with E-state index < -0.39 is 40.2 Å². The first-order valence-corrected chi connectivity index (χ1v) is 15.2. The first kappa shape index (κ1) is 31.2. The van der Waals surface area contributed by atoms with E-state index in [1.807, 2.05) is 30.3 Å². The Morgan fingerprint density at radius 3 is 2.07 bits per heavy atom. The van der Waals surface area contributed by atoms with Gasteiger partial charge in [-0.3, -0.25) is 13.9 Å². The summed E-state index contributed by atoms with van der Waals surface area (Å²) in [6.07, 6.45) is 0.140. The maximum Gasteiger partial charge on any atom is 0.264 e. The quantitative estimate of drug-likeness (QED) is 0.237. The summed E-state index contributed by atoms with van der Waals surface area (Å²) in [4.78, 5) is 29.0. The molecule has 0 heterocycles. The molecule has 0 bridgehead atoms. The van der Waals surface area contributed by atoms with E-state index in [1.54, 1.807) is 55.5 Å². The van der Waals surface area contributed by atoms with E-state index in [2.05, 4.69) is 5.32 Å². The number of anilines is 1. The van der Waals surface area contributed by atoms with Gasteiger partial charge in [-0.25, -0.2) is 12.8 Å². The molecule has 43 heavy (non-hydrogen) atoms. The molecule has 0 saturated carbocycles. The third-order valence-electron chi connectivity index (χ3n) is 6.89. The van der Waals surface area contributed by atoms with Gasteiger partial charge in [-0.05, 0) is 55.0 Å². The highest BCUT2D eigenvalue weighted by Crippen LogP contribution is 2.27. The topological polar surface area (TPSA) is 96.0 Å². The van der Waals surface area contributed by atoms with Gasteiger partial charge in [-0.15, -0.1) is 0 Å². The number of nitrogens with zero attached hydrogens (tertiary/aromatic N) is 2. The van der Waals surface area contributed by atoms with Crippen LogP contribution in [0, 0.1) is 5.82 Å². The van der Waals surface area contributed by atoms with Crippen LogP contribution >= 0.6 is 0 Å². The number of amides is 2. The largest absolute Gasteiger partial charge is 0.497 e. The summed E-state index contributed by atoms with van der Waals surface area (Å²) in [7, 11) is -2.74. The SMILES string of the molecule is CCNC(=O)[C@@H](Cc1ccccc1)N(Cc1ccccc1F)C(=O)CN(c1ccc(OC)cc1)S(=O)(=O)c1ccccc1. The molecule has 4 aromatic carbocycles. The molecule has 0 saturated heterocycles. The number of methoxy groups -OCH3 is 1. The van der Waals surface area contributed by atoms with E-state index in [4.69, 9.17) is 4.74 Å². The summed E-state index contributed by atoms with van der Waals surface area (Å²) < 4.78 is 49.0. The number of sulfonamides is 1. The molecule has 2 amide bonds. The zero-order chi connectivity index (χ0) is 30.8. The van der Waals surface area contributed by atoms with Gasteiger partial charge < -0.3 is 15.0 Å². The van der Waals surface area contributed by atoms with Gasteiger partial charge in [-0.2, -0.15) is 0 Å². The Hall–Kier alpha value is -4.70. The van der Waals surface area contributed by atoms with Gasteiger partial charge in [0.2, 0.25) is 11.8 Å². The average Bonchev–Trinajstić information content (AvgIpc) is 3.03. The minimum Gasteiger partial charge on any atom is -0.497 e. The van der Waals surface area contributed by atoms with Crippen LogP contribution in [0.5, 0.6) is 5.75 Å². The molecule has 0 radical (unpaired) electrons. The lowest BCUT2D eigenvalue weighted by molar-refractivity contribution is -0.140. The Kier molecular flexibility index (Phi) is 10.5. The number of rotatable bonds is 13. The van der Waals surface area contributed by atoms with Gasteiger partial charge in [0.05, 0.1) is 17.7 Å². The molecule has 0 fully saturated rings. The Balaban J connectivity index is 1.79. The monoisotopic (exact) mass is 603 g/mol. The molecule has 0 spiro atoms. The van der Waals surface area contributed by atoms with Crippen molar-refractivity contribution in [1.29, 1.82) is 0 Å². The summed E-state index contributed by atoms with van der Waals surface area (Å²) in [5.74, 6) is -1.14. The number of hydrogen-bond acceptors (Lipinski definition) is 5. The molecule has 1 N–H and O–H groups in total. The highest BCUT2D eigenvalue weighted by Gasteiger charge is 2.34. The van der Waals surface area contributed by atoms with Crippen LogP contribution in [-0.4, -0.2) is 51.4 Å². The molecule has 0 aromatic heterocycles. The van der Waals surface area contributed by atoms with Gasteiger partial charge in [0.25, 0.3) is 10.0 Å². The van der Waals surface area contributed by atoms with Crippen LogP contribution in [-0.2, 0) is 32.6 Å². The van der Waals surface area contributed by atoms with Gasteiger partial charge in [0.15, 0.2) is 0 Å². The van der Waals surface area contributed by atoms with E-state index in [1.165, 1.54) is 42.3 Å². The molecule has 1 atom stereocenters. The van der Waals surface area contributed by atoms with Crippen molar-refractivity contribution in [2.45, 2.75) is 30.8 Å². The van der Waals surface area contributed by atoms with Crippen LogP contribution in [0.1, 0.15) is 18.1 Å². The van der Waals surface area contributed by atoms with Crippen LogP contribution < -0.4 is 14.4 Å². The normalized spacial score (nSPS) is 11.8. The van der Waals surface area contributed by atoms with Crippen LogP contribution in [0.15, 0.2) is 114 Å². The lowest BCUT2D eigenvalue weighted by Crippen LogP contribution is -2.53. The smallest absolute Gasteiger partial charge is 0.264 e. The second kappa shape index (κ2) is 14.5. The molecular formula is C33H34FN3O5S. The molecule has 4 rings (SSSR count). The first-order chi connectivity index (χ1) is 20.7. The Morgan fingerprint density at radius 2 is 1.47 bits per heavy atom. The molecule has 0 aliphatic rings. The predicted octanol–water partition coefficient (Wildman–Crippen LogP) is 4.81. The maximum atomic E-state index is 14.9. The van der Waals surface area contributed by atoms with Crippen molar-refractivity contribution >= 4 is 27.5 Å². The predicted molar refractivity (Wildman–Crippen MR) is 164 cm³/mol. The summed E-state index contributed by atoms with van der Waals surface area (Å²) in [5.41, 5.74) is 1.20. The number of nitrogens with one attached hydrogen (secondary N) is 1. The highest BCUT2D eigenvalue weighted by molar-refractivity contribution is 7.92. The lowest BCUT2D eigenvalue weighted by Gasteiger charge is -2.34. The van der Waals surface area contributed by atoms with Crippen molar-refractivity contribution in [2.24, 2.45) is 0 Å². The Morgan fingerprint density at radius 1 is 0.860 bits per heavy atom. The number of carbonyl (C=O) groups excluding carboxylic acids is 2. The van der Waals surface area contributed by atoms with Crippen LogP contribution in [0.2, 0.25) is 0 Å². The Labute approximate surface area is 251 Å². The van der Waals surface area contributed by atoms with Crippen LogP contribution in [0.3, 0.4) is 0 Å². The fourth-order valence-corrected chi connectivity index (χ4v) is 6.09. The molecule has 0 aliphatic carbocycles. The minimum atomic E-state index is -4.23. The fraction of sp³-hybridized carbons (Fsp3) is 0.212. The number of ether oxygens (including phenoxy) is 1. The molecule has 0 aliphatic heterocycles. The van der Waals surface area contributed by atoms with Crippen molar-refractivity contribution in [2.75, 3.05) is 24.5 Å². The lowest BCUT2D eigenvalue weighted by atomic mass is 10.0. The van der Waals surface area contributed by atoms with Gasteiger partial charge in [-0.1, -0.05) is 66.7 Å². The molecular weight excluding hydrogens is 569 g/mol. The molecule has 8 nitrogen and oxygen atoms in total. The second-order valence-corrected chi connectivity index (χ2v) is 11.6. The standard InChI is InChI=1S/C33H34FN3O5S/c1-3-35-33(39)31(22-25-12-6-4-7-13-25)36(23-26-14-10-11-17-30(26)34)32(38)24-37(27-18-20-28(42-2)21-19-27)43(40,41)29-15-8-5-9-16-29/h4-21,31H,3,22-24H2,1-2H3,(H,35,39)/t31-/m1/s1. The van der Waals surface area contributed by atoms with Gasteiger partial charge >= 0.3 is 0 Å². The van der Waals surface area contributed by atoms with E-state index in [9.17, 15) is 22.4 Å². The van der Waals surface area contributed by atoms with E-state index in [-0.39, 0.29) is 29.1 Å². The second-order valence-electron chi connectivity index (χ2n) is 9.74. The van der Waals surface area contributed by atoms with Crippen LogP contribution in [0.25, 0.3) is 0 Å². The minimum absolute atomic E-state index is 0.0103. The third-order valence-corrected chi connectivity index (χ3v) is 8.68. The zero-order valence-electron chi connectivity index (χ0n) is 24.0. The van der Waals surface area contributed by atoms with Crippen molar-refractivity contribution in [3.63, 3.8) is 0 Å². The molecule has 0 unspecified atom stereocenters. The van der Waals surface area contributed by atoms with Crippen molar-refractivity contribution in [3.05, 3.63) is 126 Å². The van der Waals surface area contributed by atoms with Crippen molar-refractivity contribution in [1.82, 2.24) is 10.2 Å². The van der Waals surface area contributed by atoms with E-state index >= 15 is 0 Å². The molecule has 10 heteroatoms. The average molecular weight is 604 g/mol. The Bertz CT molecular complexity index is 1620. The first-order valence-electron chi connectivity index (χ1n) is 13.8. The zero-order valence-corrected chi connectivity index (χ0v) is 24.8. The van der Waals surface area contributed by atoms with Crippen molar-refractivity contribution < 1.29 is 27.1 Å². The van der Waals surface area contributed by atoms with E-state index in [0.717, 1.165) is 9.87 Å². The van der Waals surface area contributed by atoms with Crippen LogP contribution in [0.4, 0.5) is 10.1 Å². The number of likely N-dealkylation sites (N-methyl/N-ethyl adjacent to an activating group) is 1. The third kappa shape index (κ3) is 7.78. The van der Waals surface area contributed by atoms with Gasteiger partial charge in [0, 0.05) is 25.1 Å². The number of benzene rings is 4. The molecule has 4 aromatic rings. The summed E-state index contributed by atoms with van der Waals surface area (Å²) in [5, 5.41) is 2.78. The highest BCUT2D eigenvalue weighted by atomic mass is 32.2. The number of halogens is 1. The number of carbonyl (C=O) groups is 2. The maximum absolute atomic E-state index is 14.9. The summed E-state index contributed by atoms with van der Waals surface area (Å²) in [6.45, 7) is 1.19. The summed E-state index contributed by atoms with van der Waals surface area (Å²) >= 11 is 0. The van der Waals surface area contributed by atoms with Gasteiger partial charge in [0.1, 0.15) is 24.2 Å². The molecule has 224 valence electrons.